The molecule has 1 heterocycles. The molecule has 1 aromatic heterocycles. The van der Waals surface area contributed by atoms with E-state index in [4.69, 9.17) is 0 Å². The molecule has 5 nitrogen and oxygen atoms in total. The Kier molecular flexibility index (Phi) is 3.37. The Bertz CT molecular complexity index is 446. The van der Waals surface area contributed by atoms with Crippen LogP contribution in [0.5, 0.6) is 0 Å². The molecule has 0 aliphatic carbocycles. The summed E-state index contributed by atoms with van der Waals surface area (Å²) in [4.78, 5) is 0. The maximum Gasteiger partial charge on any atom is 0.143 e. The second kappa shape index (κ2) is 4.95. The molecule has 0 saturated carbocycles. The van der Waals surface area contributed by atoms with E-state index in [1.54, 1.807) is 11.0 Å². The van der Waals surface area contributed by atoms with E-state index in [0.717, 1.165) is 11.4 Å². The van der Waals surface area contributed by atoms with E-state index in [-0.39, 0.29) is 0 Å². The van der Waals surface area contributed by atoms with Gasteiger partial charge in [-0.25, -0.2) is 4.68 Å². The lowest BCUT2D eigenvalue weighted by Gasteiger charge is -2.18. The van der Waals surface area contributed by atoms with Gasteiger partial charge in [0.2, 0.25) is 0 Å². The Labute approximate surface area is 101 Å². The summed E-state index contributed by atoms with van der Waals surface area (Å²) >= 11 is 0. The van der Waals surface area contributed by atoms with Crippen LogP contribution < -0.4 is 5.32 Å². The van der Waals surface area contributed by atoms with Crippen LogP contribution in [0.25, 0.3) is 5.69 Å². The number of rotatable bonds is 4. The fraction of sp³-hybridized carbons (Fsp3) is 0.417. The summed E-state index contributed by atoms with van der Waals surface area (Å²) in [6.07, 6.45) is 1.58. The largest absolute Gasteiger partial charge is 0.382 e. The molecule has 1 N–H and O–H groups in total. The fourth-order valence-electron chi connectivity index (χ4n) is 1.42. The zero-order valence-electron chi connectivity index (χ0n) is 10.3. The summed E-state index contributed by atoms with van der Waals surface area (Å²) in [6, 6.07) is 8.51. The number of nitrogens with zero attached hydrogens (tertiary/aromatic N) is 4. The molecule has 2 rings (SSSR count). The summed E-state index contributed by atoms with van der Waals surface area (Å²) in [5.41, 5.74) is 2.07. The first kappa shape index (κ1) is 11.6. The third-order valence-corrected chi connectivity index (χ3v) is 2.88. The molecule has 2 aromatic rings. The minimum Gasteiger partial charge on any atom is -0.382 e. The number of anilines is 1. The van der Waals surface area contributed by atoms with Gasteiger partial charge in [0.1, 0.15) is 6.33 Å². The highest BCUT2D eigenvalue weighted by Gasteiger charge is 2.06. The molecule has 17 heavy (non-hydrogen) atoms. The molecule has 0 amide bonds. The van der Waals surface area contributed by atoms with E-state index in [1.807, 2.05) is 24.3 Å². The molecule has 1 aromatic carbocycles. The zero-order chi connectivity index (χ0) is 12.3. The normalized spacial score (nSPS) is 12.7. The van der Waals surface area contributed by atoms with Crippen LogP contribution in [-0.4, -0.2) is 26.2 Å². The highest BCUT2D eigenvalue weighted by molar-refractivity contribution is 5.48. The van der Waals surface area contributed by atoms with Gasteiger partial charge in [-0.15, -0.1) is 5.10 Å². The van der Waals surface area contributed by atoms with Crippen molar-refractivity contribution >= 4 is 5.69 Å². The number of hydrogen-bond donors (Lipinski definition) is 1. The van der Waals surface area contributed by atoms with Gasteiger partial charge in [0.25, 0.3) is 0 Å². The van der Waals surface area contributed by atoms with Gasteiger partial charge in [-0.05, 0) is 47.5 Å². The lowest BCUT2D eigenvalue weighted by Crippen LogP contribution is -2.21. The van der Waals surface area contributed by atoms with Crippen molar-refractivity contribution in [3.63, 3.8) is 0 Å². The summed E-state index contributed by atoms with van der Waals surface area (Å²) in [6.45, 7) is 6.58. The second-order valence-electron chi connectivity index (χ2n) is 4.48. The predicted molar refractivity (Wildman–Crippen MR) is 67.1 cm³/mol. The van der Waals surface area contributed by atoms with E-state index in [9.17, 15) is 0 Å². The predicted octanol–water partition coefficient (Wildman–Crippen LogP) is 2.12. The van der Waals surface area contributed by atoms with Crippen LogP contribution in [0.15, 0.2) is 30.6 Å². The monoisotopic (exact) mass is 231 g/mol. The molecule has 90 valence electrons. The van der Waals surface area contributed by atoms with Crippen molar-refractivity contribution in [3.05, 3.63) is 30.6 Å². The highest BCUT2D eigenvalue weighted by atomic mass is 15.5. The van der Waals surface area contributed by atoms with Crippen molar-refractivity contribution in [2.24, 2.45) is 5.92 Å². The van der Waals surface area contributed by atoms with Gasteiger partial charge < -0.3 is 5.32 Å². The second-order valence-corrected chi connectivity index (χ2v) is 4.48. The maximum absolute atomic E-state index is 3.84. The molecule has 1 unspecified atom stereocenters. The molecule has 0 radical (unpaired) electrons. The van der Waals surface area contributed by atoms with Gasteiger partial charge in [-0.1, -0.05) is 13.8 Å². The molecular formula is C12H17N5. The van der Waals surface area contributed by atoms with Gasteiger partial charge in [-0.3, -0.25) is 0 Å². The number of nitrogens with one attached hydrogen (secondary N) is 1. The number of hydrogen-bond acceptors (Lipinski definition) is 4. The lowest BCUT2D eigenvalue weighted by atomic mass is 10.1. The lowest BCUT2D eigenvalue weighted by molar-refractivity contribution is 0.560. The summed E-state index contributed by atoms with van der Waals surface area (Å²) in [5.74, 6) is 0.606. The first-order chi connectivity index (χ1) is 8.16. The van der Waals surface area contributed by atoms with Crippen LogP contribution >= 0.6 is 0 Å². The third kappa shape index (κ3) is 2.81. The average molecular weight is 231 g/mol. The zero-order valence-corrected chi connectivity index (χ0v) is 10.3. The van der Waals surface area contributed by atoms with Crippen LogP contribution in [0.2, 0.25) is 0 Å². The van der Waals surface area contributed by atoms with Crippen LogP contribution in [0, 0.1) is 5.92 Å². The standard InChI is InChI=1S/C12H17N5/c1-9(2)10(3)14-11-4-6-12(7-5-11)17-8-13-15-16-17/h4-10,14H,1-3H3. The molecule has 0 aliphatic rings. The maximum atomic E-state index is 3.84. The summed E-state index contributed by atoms with van der Waals surface area (Å²) in [5, 5.41) is 14.5. The Morgan fingerprint density at radius 2 is 1.82 bits per heavy atom. The van der Waals surface area contributed by atoms with E-state index in [0.29, 0.717) is 12.0 Å². The molecule has 0 bridgehead atoms. The van der Waals surface area contributed by atoms with Gasteiger partial charge in [0.15, 0.2) is 0 Å². The van der Waals surface area contributed by atoms with Crippen molar-refractivity contribution in [2.75, 3.05) is 5.32 Å². The van der Waals surface area contributed by atoms with Crippen molar-refractivity contribution in [3.8, 4) is 5.69 Å². The number of tetrazole rings is 1. The van der Waals surface area contributed by atoms with E-state index < -0.39 is 0 Å². The average Bonchev–Trinajstić information content (AvgIpc) is 2.83. The first-order valence-corrected chi connectivity index (χ1v) is 5.77. The van der Waals surface area contributed by atoms with Gasteiger partial charge in [-0.2, -0.15) is 0 Å². The Morgan fingerprint density at radius 1 is 1.12 bits per heavy atom. The molecule has 5 heteroatoms. The SMILES string of the molecule is CC(C)C(C)Nc1ccc(-n2cnnn2)cc1. The Hall–Kier alpha value is -1.91. The molecule has 1 atom stereocenters. The van der Waals surface area contributed by atoms with Crippen LogP contribution in [0.3, 0.4) is 0 Å². The van der Waals surface area contributed by atoms with Gasteiger partial charge in [0.05, 0.1) is 5.69 Å². The van der Waals surface area contributed by atoms with E-state index in [1.165, 1.54) is 0 Å². The molecule has 0 spiro atoms. The highest BCUT2D eigenvalue weighted by Crippen LogP contribution is 2.15. The molecular weight excluding hydrogens is 214 g/mol. The quantitative estimate of drug-likeness (QED) is 0.875. The third-order valence-electron chi connectivity index (χ3n) is 2.88. The summed E-state index contributed by atoms with van der Waals surface area (Å²) < 4.78 is 1.63. The van der Waals surface area contributed by atoms with Crippen LogP contribution in [0.4, 0.5) is 5.69 Å². The Balaban J connectivity index is 2.08. The molecule has 0 fully saturated rings. The first-order valence-electron chi connectivity index (χ1n) is 5.77. The molecule has 0 aliphatic heterocycles. The summed E-state index contributed by atoms with van der Waals surface area (Å²) in [7, 11) is 0. The van der Waals surface area contributed by atoms with E-state index in [2.05, 4.69) is 41.6 Å². The van der Waals surface area contributed by atoms with Crippen LogP contribution in [0.1, 0.15) is 20.8 Å². The van der Waals surface area contributed by atoms with E-state index >= 15 is 0 Å². The minimum absolute atomic E-state index is 0.453. The van der Waals surface area contributed by atoms with Crippen molar-refractivity contribution < 1.29 is 0 Å². The van der Waals surface area contributed by atoms with Crippen molar-refractivity contribution in [1.29, 1.82) is 0 Å². The van der Waals surface area contributed by atoms with Gasteiger partial charge >= 0.3 is 0 Å². The van der Waals surface area contributed by atoms with Crippen molar-refractivity contribution in [2.45, 2.75) is 26.8 Å². The van der Waals surface area contributed by atoms with Crippen molar-refractivity contribution in [1.82, 2.24) is 20.2 Å². The topological polar surface area (TPSA) is 55.6 Å². The smallest absolute Gasteiger partial charge is 0.143 e. The molecule has 0 saturated heterocycles. The van der Waals surface area contributed by atoms with Gasteiger partial charge in [0, 0.05) is 11.7 Å². The van der Waals surface area contributed by atoms with Crippen LogP contribution in [-0.2, 0) is 0 Å². The minimum atomic E-state index is 0.453. The number of benzene rings is 1. The number of aromatic nitrogens is 4. The fourth-order valence-corrected chi connectivity index (χ4v) is 1.42. The Morgan fingerprint density at radius 3 is 2.35 bits per heavy atom.